The lowest BCUT2D eigenvalue weighted by atomic mass is 9.83. The number of carbonyl (C=O) groups is 2. The number of rotatable bonds is 6. The molecule has 1 N–H and O–H groups in total. The average Bonchev–Trinajstić information content (AvgIpc) is 3.40. The van der Waals surface area contributed by atoms with E-state index in [1.807, 2.05) is 24.3 Å². The number of aromatic nitrogens is 2. The van der Waals surface area contributed by atoms with E-state index in [2.05, 4.69) is 15.5 Å². The number of amides is 1. The first-order chi connectivity index (χ1) is 13.5. The Bertz CT molecular complexity index is 971. The Hall–Kier alpha value is -2.74. The third kappa shape index (κ3) is 3.91. The van der Waals surface area contributed by atoms with Crippen molar-refractivity contribution < 1.29 is 18.8 Å². The van der Waals surface area contributed by atoms with Crippen LogP contribution in [-0.4, -0.2) is 28.6 Å². The van der Waals surface area contributed by atoms with Crippen molar-refractivity contribution in [2.75, 3.05) is 11.9 Å². The molecule has 1 amide bonds. The number of nitrogens with zero attached hydrogens (tertiary/aromatic N) is 2. The molecule has 0 bridgehead atoms. The smallest absolute Gasteiger partial charge is 0.313 e. The number of aryl methyl sites for hydroxylation is 1. The van der Waals surface area contributed by atoms with Crippen LogP contribution in [0.2, 0.25) is 0 Å². The highest BCUT2D eigenvalue weighted by Crippen LogP contribution is 2.43. The molecule has 8 heteroatoms. The summed E-state index contributed by atoms with van der Waals surface area (Å²) in [6.45, 7) is 1.41. The second-order valence-corrected chi connectivity index (χ2v) is 8.31. The van der Waals surface area contributed by atoms with E-state index in [9.17, 15) is 9.59 Å². The lowest BCUT2D eigenvalue weighted by molar-refractivity contribution is -0.158. The summed E-state index contributed by atoms with van der Waals surface area (Å²) in [7, 11) is 0. The van der Waals surface area contributed by atoms with Crippen LogP contribution in [0.15, 0.2) is 34.9 Å². The molecule has 28 heavy (non-hydrogen) atoms. The van der Waals surface area contributed by atoms with Crippen molar-refractivity contribution in [2.24, 2.45) is 5.41 Å². The topological polar surface area (TPSA) is 94.3 Å². The van der Waals surface area contributed by atoms with Gasteiger partial charge in [-0.05, 0) is 31.9 Å². The molecule has 2 heterocycles. The van der Waals surface area contributed by atoms with Gasteiger partial charge in [0.05, 0.1) is 26.3 Å². The van der Waals surface area contributed by atoms with Crippen molar-refractivity contribution in [3.63, 3.8) is 0 Å². The molecule has 0 radical (unpaired) electrons. The number of para-hydroxylation sites is 1. The predicted molar refractivity (Wildman–Crippen MR) is 105 cm³/mol. The normalized spacial score (nSPS) is 15.6. The molecule has 0 aliphatic heterocycles. The van der Waals surface area contributed by atoms with E-state index >= 15 is 0 Å². The monoisotopic (exact) mass is 399 g/mol. The zero-order valence-corrected chi connectivity index (χ0v) is 16.4. The van der Waals surface area contributed by atoms with Crippen molar-refractivity contribution in [1.82, 2.24) is 10.1 Å². The van der Waals surface area contributed by atoms with Gasteiger partial charge in [0.15, 0.2) is 6.61 Å². The molecule has 1 aliphatic rings. The van der Waals surface area contributed by atoms with Gasteiger partial charge in [-0.25, -0.2) is 4.98 Å². The summed E-state index contributed by atoms with van der Waals surface area (Å²) in [4.78, 5) is 29.6. The highest BCUT2D eigenvalue weighted by atomic mass is 32.1. The third-order valence-electron chi connectivity index (χ3n) is 5.05. The molecule has 2 aromatic heterocycles. The fraction of sp³-hybridized carbons (Fsp3) is 0.400. The van der Waals surface area contributed by atoms with E-state index in [0.717, 1.165) is 40.9 Å². The van der Waals surface area contributed by atoms with E-state index < -0.39 is 11.3 Å². The molecule has 1 aromatic carbocycles. The lowest BCUT2D eigenvalue weighted by Crippen LogP contribution is -2.34. The highest BCUT2D eigenvalue weighted by molar-refractivity contribution is 7.18. The van der Waals surface area contributed by atoms with Gasteiger partial charge < -0.3 is 9.26 Å². The molecule has 0 spiro atoms. The third-order valence-corrected chi connectivity index (χ3v) is 6.08. The van der Waals surface area contributed by atoms with Gasteiger partial charge in [0.2, 0.25) is 5.88 Å². The minimum absolute atomic E-state index is 0.239. The van der Waals surface area contributed by atoms with Crippen LogP contribution in [0.5, 0.6) is 0 Å². The van der Waals surface area contributed by atoms with Gasteiger partial charge in [-0.2, -0.15) is 0 Å². The number of esters is 1. The fourth-order valence-electron chi connectivity index (χ4n) is 3.67. The van der Waals surface area contributed by atoms with Crippen molar-refractivity contribution in [2.45, 2.75) is 39.0 Å². The van der Waals surface area contributed by atoms with Crippen LogP contribution in [0, 0.1) is 12.3 Å². The van der Waals surface area contributed by atoms with Crippen LogP contribution in [0.25, 0.3) is 10.2 Å². The average molecular weight is 399 g/mol. The molecule has 0 saturated heterocycles. The van der Waals surface area contributed by atoms with E-state index in [-0.39, 0.29) is 18.5 Å². The number of benzene rings is 1. The molecule has 146 valence electrons. The Morgan fingerprint density at radius 3 is 2.79 bits per heavy atom. The minimum Gasteiger partial charge on any atom is -0.455 e. The molecular formula is C20H21N3O4S. The quantitative estimate of drug-likeness (QED) is 0.632. The van der Waals surface area contributed by atoms with Crippen LogP contribution < -0.4 is 5.32 Å². The maximum atomic E-state index is 12.9. The molecule has 3 aromatic rings. The van der Waals surface area contributed by atoms with Crippen molar-refractivity contribution in [1.29, 1.82) is 0 Å². The summed E-state index contributed by atoms with van der Waals surface area (Å²) in [5.74, 6) is -0.533. The molecule has 0 unspecified atom stereocenters. The standard InChI is InChI=1S/C20H21N3O4S/c1-13-10-17(27-23-13)22-16(24)12-26-19(25)20(8-4-5-9-20)11-18-21-14-6-2-3-7-15(14)28-18/h2-3,6-7,10H,4-5,8-9,11-12H2,1H3,(H,22,24). The van der Waals surface area contributed by atoms with Gasteiger partial charge in [-0.15, -0.1) is 11.3 Å². The summed E-state index contributed by atoms with van der Waals surface area (Å²) in [6.07, 6.45) is 4.01. The minimum atomic E-state index is -0.600. The molecular weight excluding hydrogens is 378 g/mol. The van der Waals surface area contributed by atoms with Gasteiger partial charge in [-0.3, -0.25) is 14.9 Å². The summed E-state index contributed by atoms with van der Waals surface area (Å²) in [5, 5.41) is 7.17. The number of nitrogens with one attached hydrogen (secondary N) is 1. The van der Waals surface area contributed by atoms with E-state index in [1.165, 1.54) is 0 Å². The van der Waals surface area contributed by atoms with E-state index in [0.29, 0.717) is 12.1 Å². The zero-order chi connectivity index (χ0) is 19.6. The number of hydrogen-bond acceptors (Lipinski definition) is 7. The maximum absolute atomic E-state index is 12.9. The number of thiazole rings is 1. The van der Waals surface area contributed by atoms with E-state index in [1.54, 1.807) is 24.3 Å². The van der Waals surface area contributed by atoms with Crippen LogP contribution in [0.3, 0.4) is 0 Å². The number of fused-ring (bicyclic) bond motifs is 1. The Kier molecular flexibility index (Phi) is 5.13. The molecule has 1 aliphatic carbocycles. The van der Waals surface area contributed by atoms with Crippen LogP contribution in [0.1, 0.15) is 36.4 Å². The lowest BCUT2D eigenvalue weighted by Gasteiger charge is -2.25. The first-order valence-electron chi connectivity index (χ1n) is 9.29. The van der Waals surface area contributed by atoms with E-state index in [4.69, 9.17) is 9.26 Å². The molecule has 7 nitrogen and oxygen atoms in total. The van der Waals surface area contributed by atoms with Gasteiger partial charge in [0.1, 0.15) is 0 Å². The van der Waals surface area contributed by atoms with Gasteiger partial charge >= 0.3 is 5.97 Å². The number of hydrogen-bond donors (Lipinski definition) is 1. The number of anilines is 1. The fourth-order valence-corrected chi connectivity index (χ4v) is 4.78. The second-order valence-electron chi connectivity index (χ2n) is 7.20. The van der Waals surface area contributed by atoms with Gasteiger partial charge in [0, 0.05) is 12.5 Å². The van der Waals surface area contributed by atoms with Crippen LogP contribution in [0.4, 0.5) is 5.88 Å². The van der Waals surface area contributed by atoms with Crippen molar-refractivity contribution in [3.05, 3.63) is 41.0 Å². The van der Waals surface area contributed by atoms with Gasteiger partial charge in [-0.1, -0.05) is 30.1 Å². The summed E-state index contributed by atoms with van der Waals surface area (Å²) < 4.78 is 11.4. The molecule has 1 fully saturated rings. The Morgan fingerprint density at radius 1 is 1.29 bits per heavy atom. The number of ether oxygens (including phenoxy) is 1. The first-order valence-corrected chi connectivity index (χ1v) is 10.1. The van der Waals surface area contributed by atoms with Crippen LogP contribution >= 0.6 is 11.3 Å². The summed E-state index contributed by atoms with van der Waals surface area (Å²) in [6, 6.07) is 9.56. The Balaban J connectivity index is 1.41. The largest absolute Gasteiger partial charge is 0.455 e. The second kappa shape index (κ2) is 7.71. The highest BCUT2D eigenvalue weighted by Gasteiger charge is 2.43. The van der Waals surface area contributed by atoms with Crippen LogP contribution in [-0.2, 0) is 20.7 Å². The van der Waals surface area contributed by atoms with Crippen molar-refractivity contribution >= 4 is 39.3 Å². The predicted octanol–water partition coefficient (Wildman–Crippen LogP) is 3.88. The number of carbonyl (C=O) groups excluding carboxylic acids is 2. The first kappa shape index (κ1) is 18.6. The summed E-state index contributed by atoms with van der Waals surface area (Å²) >= 11 is 1.61. The molecule has 4 rings (SSSR count). The maximum Gasteiger partial charge on any atom is 0.313 e. The molecule has 1 saturated carbocycles. The van der Waals surface area contributed by atoms with Crippen molar-refractivity contribution in [3.8, 4) is 0 Å². The van der Waals surface area contributed by atoms with Gasteiger partial charge in [0.25, 0.3) is 5.91 Å². The SMILES string of the molecule is Cc1cc(NC(=O)COC(=O)C2(Cc3nc4ccccc4s3)CCCC2)on1. The Morgan fingerprint density at radius 2 is 2.07 bits per heavy atom. The summed E-state index contributed by atoms with van der Waals surface area (Å²) in [5.41, 5.74) is 1.01. The molecule has 0 atom stereocenters. The zero-order valence-electron chi connectivity index (χ0n) is 15.6. The Labute approximate surface area is 166 Å².